The van der Waals surface area contributed by atoms with Crippen molar-refractivity contribution in [2.24, 2.45) is 5.41 Å². The summed E-state index contributed by atoms with van der Waals surface area (Å²) in [5, 5.41) is 0. The minimum absolute atomic E-state index is 0.181. The van der Waals surface area contributed by atoms with Gasteiger partial charge in [0, 0.05) is 45.0 Å². The van der Waals surface area contributed by atoms with Crippen LogP contribution in [-0.2, 0) is 16.0 Å². The number of pyridine rings is 1. The van der Waals surface area contributed by atoms with Crippen molar-refractivity contribution >= 4 is 0 Å². The second-order valence-corrected chi connectivity index (χ2v) is 6.08. The number of likely N-dealkylation sites (tertiary alicyclic amines) is 1. The van der Waals surface area contributed by atoms with E-state index in [0.717, 1.165) is 51.4 Å². The lowest BCUT2D eigenvalue weighted by molar-refractivity contribution is -0.149. The first kappa shape index (κ1) is 14.0. The Hall–Kier alpha value is -0.970. The highest BCUT2D eigenvalue weighted by atomic mass is 16.5. The standard InChI is InChI=1S/C16H24N2O2/c1-19-13-16-7-4-10-20-15(16)6-9-18(12-16)11-14-5-2-3-8-17-14/h2-3,5,8,15H,4,6-7,9-13H2,1H3/t15-,16-/m1/s1. The summed E-state index contributed by atoms with van der Waals surface area (Å²) in [6, 6.07) is 6.13. The van der Waals surface area contributed by atoms with Crippen LogP contribution in [0.3, 0.4) is 0 Å². The van der Waals surface area contributed by atoms with Gasteiger partial charge in [0.05, 0.1) is 18.4 Å². The molecule has 20 heavy (non-hydrogen) atoms. The molecule has 0 saturated carbocycles. The van der Waals surface area contributed by atoms with Crippen LogP contribution in [0.4, 0.5) is 0 Å². The maximum Gasteiger partial charge on any atom is 0.0677 e. The van der Waals surface area contributed by atoms with Crippen LogP contribution in [-0.4, -0.2) is 49.4 Å². The van der Waals surface area contributed by atoms with Crippen LogP contribution in [0.15, 0.2) is 24.4 Å². The van der Waals surface area contributed by atoms with Crippen LogP contribution < -0.4 is 0 Å². The van der Waals surface area contributed by atoms with Crippen molar-refractivity contribution in [2.75, 3.05) is 33.4 Å². The summed E-state index contributed by atoms with van der Waals surface area (Å²) in [5.74, 6) is 0. The highest BCUT2D eigenvalue weighted by molar-refractivity contribution is 5.05. The third kappa shape index (κ3) is 2.87. The fourth-order valence-electron chi connectivity index (χ4n) is 3.74. The third-order valence-electron chi connectivity index (χ3n) is 4.61. The molecule has 4 nitrogen and oxygen atoms in total. The second-order valence-electron chi connectivity index (χ2n) is 6.08. The number of methoxy groups -OCH3 is 1. The van der Waals surface area contributed by atoms with E-state index in [1.54, 1.807) is 7.11 Å². The van der Waals surface area contributed by atoms with Crippen molar-refractivity contribution in [3.8, 4) is 0 Å². The average Bonchev–Trinajstić information content (AvgIpc) is 2.48. The molecule has 2 fully saturated rings. The smallest absolute Gasteiger partial charge is 0.0677 e. The Labute approximate surface area is 121 Å². The molecule has 2 aliphatic heterocycles. The molecule has 110 valence electrons. The minimum atomic E-state index is 0.181. The molecule has 2 aliphatic rings. The van der Waals surface area contributed by atoms with E-state index >= 15 is 0 Å². The Kier molecular flexibility index (Phi) is 4.34. The van der Waals surface area contributed by atoms with Gasteiger partial charge in [-0.15, -0.1) is 0 Å². The molecule has 0 amide bonds. The van der Waals surface area contributed by atoms with Gasteiger partial charge in [-0.2, -0.15) is 0 Å². The first-order valence-corrected chi connectivity index (χ1v) is 7.55. The number of aromatic nitrogens is 1. The summed E-state index contributed by atoms with van der Waals surface area (Å²) in [6.07, 6.45) is 5.71. The summed E-state index contributed by atoms with van der Waals surface area (Å²) < 4.78 is 11.5. The van der Waals surface area contributed by atoms with Crippen molar-refractivity contribution in [1.29, 1.82) is 0 Å². The Morgan fingerprint density at radius 2 is 2.45 bits per heavy atom. The maximum atomic E-state index is 6.01. The zero-order valence-corrected chi connectivity index (χ0v) is 12.3. The Morgan fingerprint density at radius 1 is 1.50 bits per heavy atom. The Bertz CT molecular complexity index is 422. The molecule has 2 atom stereocenters. The van der Waals surface area contributed by atoms with Gasteiger partial charge in [-0.05, 0) is 31.4 Å². The van der Waals surface area contributed by atoms with Crippen LogP contribution in [0.5, 0.6) is 0 Å². The van der Waals surface area contributed by atoms with Gasteiger partial charge in [0.15, 0.2) is 0 Å². The van der Waals surface area contributed by atoms with E-state index in [0.29, 0.717) is 6.10 Å². The van der Waals surface area contributed by atoms with Crippen molar-refractivity contribution in [3.63, 3.8) is 0 Å². The predicted octanol–water partition coefficient (Wildman–Crippen LogP) is 2.10. The average molecular weight is 276 g/mol. The number of nitrogens with zero attached hydrogens (tertiary/aromatic N) is 2. The fourth-order valence-corrected chi connectivity index (χ4v) is 3.74. The van der Waals surface area contributed by atoms with Gasteiger partial charge in [0.1, 0.15) is 0 Å². The largest absolute Gasteiger partial charge is 0.384 e. The second kappa shape index (κ2) is 6.20. The number of hydrogen-bond acceptors (Lipinski definition) is 4. The summed E-state index contributed by atoms with van der Waals surface area (Å²) in [4.78, 5) is 6.95. The maximum absolute atomic E-state index is 6.01. The van der Waals surface area contributed by atoms with Gasteiger partial charge in [-0.1, -0.05) is 6.07 Å². The van der Waals surface area contributed by atoms with Gasteiger partial charge in [0.2, 0.25) is 0 Å². The van der Waals surface area contributed by atoms with E-state index in [2.05, 4.69) is 22.0 Å². The molecule has 3 rings (SSSR count). The number of rotatable bonds is 4. The number of ether oxygens (including phenoxy) is 2. The quantitative estimate of drug-likeness (QED) is 0.843. The lowest BCUT2D eigenvalue weighted by Crippen LogP contribution is -2.56. The van der Waals surface area contributed by atoms with Gasteiger partial charge in [-0.3, -0.25) is 9.88 Å². The zero-order chi connectivity index (χ0) is 13.8. The van der Waals surface area contributed by atoms with E-state index in [-0.39, 0.29) is 5.41 Å². The summed E-state index contributed by atoms with van der Waals surface area (Å²) >= 11 is 0. The van der Waals surface area contributed by atoms with Gasteiger partial charge in [-0.25, -0.2) is 0 Å². The first-order valence-electron chi connectivity index (χ1n) is 7.55. The van der Waals surface area contributed by atoms with E-state index in [9.17, 15) is 0 Å². The highest BCUT2D eigenvalue weighted by Gasteiger charge is 2.45. The van der Waals surface area contributed by atoms with E-state index < -0.39 is 0 Å². The summed E-state index contributed by atoms with van der Waals surface area (Å²) in [5.41, 5.74) is 1.33. The fraction of sp³-hybridized carbons (Fsp3) is 0.688. The molecule has 0 unspecified atom stereocenters. The molecule has 0 bridgehead atoms. The van der Waals surface area contributed by atoms with Crippen LogP contribution in [0.2, 0.25) is 0 Å². The molecular formula is C16H24N2O2. The number of fused-ring (bicyclic) bond motifs is 1. The molecule has 0 aliphatic carbocycles. The monoisotopic (exact) mass is 276 g/mol. The molecule has 4 heteroatoms. The summed E-state index contributed by atoms with van der Waals surface area (Å²) in [7, 11) is 1.80. The van der Waals surface area contributed by atoms with Crippen molar-refractivity contribution in [2.45, 2.75) is 31.9 Å². The van der Waals surface area contributed by atoms with Crippen LogP contribution in [0.25, 0.3) is 0 Å². The van der Waals surface area contributed by atoms with E-state index in [1.807, 2.05) is 12.3 Å². The molecule has 0 radical (unpaired) electrons. The minimum Gasteiger partial charge on any atom is -0.384 e. The molecule has 2 saturated heterocycles. The normalized spacial score (nSPS) is 30.9. The van der Waals surface area contributed by atoms with Gasteiger partial charge >= 0.3 is 0 Å². The zero-order valence-electron chi connectivity index (χ0n) is 12.3. The first-order chi connectivity index (χ1) is 9.82. The van der Waals surface area contributed by atoms with Crippen molar-refractivity contribution in [1.82, 2.24) is 9.88 Å². The SMILES string of the molecule is COC[C@]12CCCO[C@@H]1CCN(Cc1ccccn1)C2. The lowest BCUT2D eigenvalue weighted by Gasteiger charge is -2.50. The number of hydrogen-bond donors (Lipinski definition) is 0. The molecule has 1 aromatic heterocycles. The van der Waals surface area contributed by atoms with Gasteiger partial charge < -0.3 is 9.47 Å². The lowest BCUT2D eigenvalue weighted by atomic mass is 9.73. The number of piperidine rings is 1. The highest BCUT2D eigenvalue weighted by Crippen LogP contribution is 2.40. The molecule has 3 heterocycles. The molecule has 1 aromatic rings. The van der Waals surface area contributed by atoms with Crippen molar-refractivity contribution in [3.05, 3.63) is 30.1 Å². The topological polar surface area (TPSA) is 34.6 Å². The van der Waals surface area contributed by atoms with Crippen LogP contribution in [0, 0.1) is 5.41 Å². The third-order valence-corrected chi connectivity index (χ3v) is 4.61. The van der Waals surface area contributed by atoms with Gasteiger partial charge in [0.25, 0.3) is 0 Å². The molecule has 0 aromatic carbocycles. The predicted molar refractivity (Wildman–Crippen MR) is 77.4 cm³/mol. The molecule has 0 N–H and O–H groups in total. The van der Waals surface area contributed by atoms with Crippen molar-refractivity contribution < 1.29 is 9.47 Å². The summed E-state index contributed by atoms with van der Waals surface area (Å²) in [6.45, 7) is 4.79. The Balaban J connectivity index is 1.70. The Morgan fingerprint density at radius 3 is 3.25 bits per heavy atom. The van der Waals surface area contributed by atoms with E-state index in [4.69, 9.17) is 9.47 Å². The molecule has 0 spiro atoms. The van der Waals surface area contributed by atoms with Crippen LogP contribution >= 0.6 is 0 Å². The molecular weight excluding hydrogens is 252 g/mol. The van der Waals surface area contributed by atoms with Crippen LogP contribution in [0.1, 0.15) is 25.0 Å². The van der Waals surface area contributed by atoms with E-state index in [1.165, 1.54) is 6.42 Å².